The molecule has 4 nitrogen and oxygen atoms in total. The molecule has 2 saturated heterocycles. The Labute approximate surface area is 286 Å². The minimum Gasteiger partial charge on any atom is -0.385 e. The van der Waals surface area contributed by atoms with Crippen LogP contribution in [0.25, 0.3) is 0 Å². The van der Waals surface area contributed by atoms with Crippen LogP contribution in [0.15, 0.2) is 72.8 Å². The lowest BCUT2D eigenvalue weighted by Crippen LogP contribution is -2.42. The van der Waals surface area contributed by atoms with Crippen LogP contribution < -0.4 is 0 Å². The van der Waals surface area contributed by atoms with E-state index >= 15 is 0 Å². The number of aliphatic hydroxyl groups is 2. The molecule has 0 aromatic heterocycles. The monoisotopic (exact) mass is 648 g/mol. The van der Waals surface area contributed by atoms with Crippen molar-refractivity contribution in [3.63, 3.8) is 0 Å². The number of rotatable bonds is 10. The van der Waals surface area contributed by atoms with E-state index in [0.717, 1.165) is 43.5 Å². The van der Waals surface area contributed by atoms with E-state index in [0.29, 0.717) is 23.7 Å². The highest BCUT2D eigenvalue weighted by Crippen LogP contribution is 2.52. The van der Waals surface area contributed by atoms with E-state index in [2.05, 4.69) is 82.6 Å². The van der Waals surface area contributed by atoms with Crippen molar-refractivity contribution < 1.29 is 10.2 Å². The fraction of sp³-hybridized carbons (Fsp3) is 0.659. The number of piperidine rings is 2. The molecule has 254 valence electrons. The Morgan fingerprint density at radius 2 is 1.04 bits per heavy atom. The summed E-state index contributed by atoms with van der Waals surface area (Å²) in [7, 11) is 0. The van der Waals surface area contributed by atoms with Gasteiger partial charge in [-0.05, 0) is 125 Å². The molecule has 2 bridgehead atoms. The summed E-state index contributed by atoms with van der Waals surface area (Å²) < 4.78 is 0. The number of nitrogens with zero attached hydrogens (tertiary/aromatic N) is 2. The largest absolute Gasteiger partial charge is 0.385 e. The lowest BCUT2D eigenvalue weighted by Gasteiger charge is -2.40. The van der Waals surface area contributed by atoms with Gasteiger partial charge in [0.1, 0.15) is 0 Å². The van der Waals surface area contributed by atoms with Crippen LogP contribution in [0.5, 0.6) is 0 Å². The molecule has 2 N–H and O–H groups in total. The molecule has 5 aliphatic rings. The number of allylic oxidation sites excluding steroid dienone is 2. The smallest absolute Gasteiger partial charge is 0.0942 e. The van der Waals surface area contributed by atoms with E-state index in [1.54, 1.807) is 0 Å². The number of likely N-dealkylation sites (tertiary alicyclic amines) is 2. The van der Waals surface area contributed by atoms with E-state index in [4.69, 9.17) is 0 Å². The van der Waals surface area contributed by atoms with Gasteiger partial charge in [0.05, 0.1) is 11.2 Å². The van der Waals surface area contributed by atoms with Crippen LogP contribution in [-0.2, 0) is 11.2 Å². The van der Waals surface area contributed by atoms with E-state index in [-0.39, 0.29) is 12.4 Å². The molecule has 0 amide bonds. The highest BCUT2D eigenvalue weighted by atomic mass is 35.5. The van der Waals surface area contributed by atoms with E-state index < -0.39 is 11.2 Å². The number of hydrogen-bond acceptors (Lipinski definition) is 4. The summed E-state index contributed by atoms with van der Waals surface area (Å²) in [5, 5.41) is 23.4. The lowest BCUT2D eigenvalue weighted by atomic mass is 9.71. The Bertz CT molecular complexity index is 1180. The molecule has 0 radical (unpaired) electrons. The highest BCUT2D eigenvalue weighted by molar-refractivity contribution is 5.85. The van der Waals surface area contributed by atoms with Crippen LogP contribution in [0.1, 0.15) is 107 Å². The zero-order valence-electron chi connectivity index (χ0n) is 28.3. The second-order valence-electron chi connectivity index (χ2n) is 15.1. The van der Waals surface area contributed by atoms with Gasteiger partial charge in [0, 0.05) is 13.1 Å². The Hall–Kier alpha value is -1.69. The molecule has 46 heavy (non-hydrogen) atoms. The van der Waals surface area contributed by atoms with Gasteiger partial charge < -0.3 is 20.0 Å². The molecule has 2 aliphatic heterocycles. The summed E-state index contributed by atoms with van der Waals surface area (Å²) in [5.74, 6) is 2.11. The first kappa shape index (κ1) is 35.6. The number of hydrogen-bond donors (Lipinski definition) is 2. The first-order valence-electron chi connectivity index (χ1n) is 18.7. The van der Waals surface area contributed by atoms with Gasteiger partial charge in [0.2, 0.25) is 0 Å². The molecule has 0 spiro atoms. The van der Waals surface area contributed by atoms with Crippen LogP contribution in [0.4, 0.5) is 0 Å². The van der Waals surface area contributed by atoms with E-state index in [1.165, 1.54) is 103 Å². The van der Waals surface area contributed by atoms with Crippen molar-refractivity contribution in [2.45, 2.75) is 108 Å². The maximum absolute atomic E-state index is 11.8. The molecular weight excluding hydrogens is 588 g/mol. The van der Waals surface area contributed by atoms with Crippen LogP contribution >= 0.6 is 12.4 Å². The van der Waals surface area contributed by atoms with E-state index in [1.807, 2.05) is 0 Å². The average molecular weight is 649 g/mol. The lowest BCUT2D eigenvalue weighted by molar-refractivity contribution is -0.0529. The van der Waals surface area contributed by atoms with Gasteiger partial charge in [-0.1, -0.05) is 105 Å². The maximum Gasteiger partial charge on any atom is 0.0942 e. The standard InChI is InChI=1S/C21H29NO.C20H31NO.ClH/c23-21(19-7-3-1-4-8-19,11-14-22-12-5-2-6-13-22)20-16-17-9-10-18(20)15-17;22-20(18-10-4-1-5-11-18,19-12-6-2-7-13-19)14-17-21-15-8-3-9-16-21;/h1,3-4,7-10,17-18,20,23H,2,5-6,11-16H2;1,4-5,10-11,19,22H,2-3,6-9,12-17H2;1H. The van der Waals surface area contributed by atoms with Crippen LogP contribution in [0.2, 0.25) is 0 Å². The third kappa shape index (κ3) is 8.66. The fourth-order valence-electron chi connectivity index (χ4n) is 9.51. The van der Waals surface area contributed by atoms with Crippen LogP contribution in [-0.4, -0.2) is 59.3 Å². The van der Waals surface area contributed by atoms with Gasteiger partial charge in [0.15, 0.2) is 0 Å². The van der Waals surface area contributed by atoms with Crippen molar-refractivity contribution in [3.05, 3.63) is 83.9 Å². The molecule has 5 unspecified atom stereocenters. The SMILES string of the molecule is Cl.OC(CCN1CCCCC1)(c1ccccc1)C1CC2C=CC1C2.OC(CCN1CCCCC1)(c1ccccc1)C1CCCCC1. The van der Waals surface area contributed by atoms with E-state index in [9.17, 15) is 10.2 Å². The molecular formula is C41H61ClN2O2. The van der Waals surface area contributed by atoms with Crippen molar-refractivity contribution in [3.8, 4) is 0 Å². The van der Waals surface area contributed by atoms with Crippen molar-refractivity contribution >= 4 is 12.4 Å². The maximum atomic E-state index is 11.8. The Morgan fingerprint density at radius 3 is 1.52 bits per heavy atom. The van der Waals surface area contributed by atoms with Gasteiger partial charge in [0.25, 0.3) is 0 Å². The summed E-state index contributed by atoms with van der Waals surface area (Å²) in [6, 6.07) is 20.9. The fourth-order valence-corrected chi connectivity index (χ4v) is 9.51. The summed E-state index contributed by atoms with van der Waals surface area (Å²) in [6.45, 7) is 6.93. The van der Waals surface area contributed by atoms with Gasteiger partial charge >= 0.3 is 0 Å². The Kier molecular flexibility index (Phi) is 13.2. The summed E-state index contributed by atoms with van der Waals surface area (Å²) in [5.41, 5.74) is 0.976. The third-order valence-corrected chi connectivity index (χ3v) is 12.2. The number of fused-ring (bicyclic) bond motifs is 2. The predicted molar refractivity (Wildman–Crippen MR) is 193 cm³/mol. The molecule has 2 saturated carbocycles. The minimum atomic E-state index is -0.664. The minimum absolute atomic E-state index is 0. The topological polar surface area (TPSA) is 46.9 Å². The number of benzene rings is 2. The van der Waals surface area contributed by atoms with Crippen LogP contribution in [0.3, 0.4) is 0 Å². The normalized spacial score (nSPS) is 28.0. The summed E-state index contributed by atoms with van der Waals surface area (Å²) in [4.78, 5) is 5.11. The van der Waals surface area contributed by atoms with Crippen molar-refractivity contribution in [2.24, 2.45) is 23.7 Å². The van der Waals surface area contributed by atoms with Crippen molar-refractivity contribution in [1.82, 2.24) is 9.80 Å². The predicted octanol–water partition coefficient (Wildman–Crippen LogP) is 8.71. The molecule has 2 aromatic rings. The quantitative estimate of drug-likeness (QED) is 0.253. The molecule has 7 rings (SSSR count). The second-order valence-corrected chi connectivity index (χ2v) is 15.1. The van der Waals surface area contributed by atoms with Crippen molar-refractivity contribution in [2.75, 3.05) is 39.3 Å². The third-order valence-electron chi connectivity index (χ3n) is 12.2. The van der Waals surface area contributed by atoms with Crippen LogP contribution in [0, 0.1) is 23.7 Å². The van der Waals surface area contributed by atoms with Gasteiger partial charge in [-0.3, -0.25) is 0 Å². The average Bonchev–Trinajstić information content (AvgIpc) is 3.77. The Morgan fingerprint density at radius 1 is 0.565 bits per heavy atom. The van der Waals surface area contributed by atoms with Gasteiger partial charge in [-0.15, -0.1) is 12.4 Å². The van der Waals surface area contributed by atoms with Crippen molar-refractivity contribution in [1.29, 1.82) is 0 Å². The second kappa shape index (κ2) is 17.1. The molecule has 2 heterocycles. The molecule has 2 aromatic carbocycles. The zero-order valence-corrected chi connectivity index (χ0v) is 29.1. The first-order chi connectivity index (χ1) is 22.0. The van der Waals surface area contributed by atoms with Gasteiger partial charge in [-0.25, -0.2) is 0 Å². The zero-order chi connectivity index (χ0) is 31.0. The number of halogens is 1. The summed E-state index contributed by atoms with van der Waals surface area (Å²) >= 11 is 0. The van der Waals surface area contributed by atoms with Gasteiger partial charge in [-0.2, -0.15) is 0 Å². The molecule has 5 heteroatoms. The Balaban J connectivity index is 0.000000178. The highest BCUT2D eigenvalue weighted by Gasteiger charge is 2.48. The molecule has 5 atom stereocenters. The molecule has 4 fully saturated rings. The summed E-state index contributed by atoms with van der Waals surface area (Å²) in [6.07, 6.45) is 23.2. The molecule has 3 aliphatic carbocycles. The first-order valence-corrected chi connectivity index (χ1v) is 18.7.